The maximum absolute atomic E-state index is 12.5. The van der Waals surface area contributed by atoms with E-state index in [-0.39, 0.29) is 5.78 Å². The minimum absolute atomic E-state index is 0.321. The van der Waals surface area contributed by atoms with Gasteiger partial charge in [0.15, 0.2) is 6.10 Å². The maximum Gasteiger partial charge on any atom is 0.338 e. The lowest BCUT2D eigenvalue weighted by molar-refractivity contribution is 0.0319. The van der Waals surface area contributed by atoms with Crippen LogP contribution in [0, 0.1) is 0 Å². The van der Waals surface area contributed by atoms with Crippen molar-refractivity contribution in [3.63, 3.8) is 0 Å². The Morgan fingerprint density at radius 3 is 1.97 bits per heavy atom. The first kappa shape index (κ1) is 22.4. The van der Waals surface area contributed by atoms with Crippen LogP contribution < -0.4 is 9.62 Å². The first-order chi connectivity index (χ1) is 13.6. The van der Waals surface area contributed by atoms with Gasteiger partial charge in [0.25, 0.3) is 0 Å². The van der Waals surface area contributed by atoms with E-state index in [2.05, 4.69) is 23.5 Å². The van der Waals surface area contributed by atoms with Gasteiger partial charge in [-0.05, 0) is 69.3 Å². The summed E-state index contributed by atoms with van der Waals surface area (Å²) >= 11 is 0. The second kappa shape index (κ2) is 9.56. The van der Waals surface area contributed by atoms with Crippen LogP contribution in [-0.2, 0) is 14.8 Å². The number of rotatable bonds is 9. The number of nitrogens with one attached hydrogen (secondary N) is 1. The first-order valence-corrected chi connectivity index (χ1v) is 11.2. The molecular formula is C21H26N2O5S. The summed E-state index contributed by atoms with van der Waals surface area (Å²) in [6.07, 6.45) is 0.0704. The highest BCUT2D eigenvalue weighted by molar-refractivity contribution is 7.92. The molecular weight excluding hydrogens is 392 g/mol. The van der Waals surface area contributed by atoms with Gasteiger partial charge in [-0.25, -0.2) is 13.2 Å². The first-order valence-electron chi connectivity index (χ1n) is 9.32. The molecule has 0 aliphatic rings. The van der Waals surface area contributed by atoms with Crippen molar-refractivity contribution in [3.8, 4) is 0 Å². The number of nitrogens with zero attached hydrogens (tertiary/aromatic N) is 1. The number of sulfonamides is 1. The van der Waals surface area contributed by atoms with Crippen LogP contribution in [0.1, 0.15) is 41.5 Å². The van der Waals surface area contributed by atoms with Crippen molar-refractivity contribution in [2.75, 3.05) is 29.0 Å². The quantitative estimate of drug-likeness (QED) is 0.496. The van der Waals surface area contributed by atoms with Gasteiger partial charge < -0.3 is 9.64 Å². The number of hydrogen-bond donors (Lipinski definition) is 1. The Bertz CT molecular complexity index is 950. The van der Waals surface area contributed by atoms with Gasteiger partial charge in [0.2, 0.25) is 15.8 Å². The molecule has 1 N–H and O–H groups in total. The van der Waals surface area contributed by atoms with Crippen molar-refractivity contribution in [1.82, 2.24) is 0 Å². The molecule has 0 radical (unpaired) electrons. The van der Waals surface area contributed by atoms with E-state index in [9.17, 15) is 18.0 Å². The molecule has 0 fully saturated rings. The fourth-order valence-electron chi connectivity index (χ4n) is 2.83. The van der Waals surface area contributed by atoms with E-state index >= 15 is 0 Å². The molecule has 8 heteroatoms. The fourth-order valence-corrected chi connectivity index (χ4v) is 3.39. The summed E-state index contributed by atoms with van der Waals surface area (Å²) in [7, 11) is -3.39. The molecule has 0 aliphatic heterocycles. The number of carbonyl (C=O) groups is 2. The third kappa shape index (κ3) is 6.32. The number of esters is 1. The van der Waals surface area contributed by atoms with Gasteiger partial charge in [-0.3, -0.25) is 9.52 Å². The Balaban J connectivity index is 2.02. The van der Waals surface area contributed by atoms with Gasteiger partial charge in [-0.2, -0.15) is 0 Å². The molecule has 1 atom stereocenters. The molecule has 29 heavy (non-hydrogen) atoms. The van der Waals surface area contributed by atoms with E-state index in [0.717, 1.165) is 25.0 Å². The van der Waals surface area contributed by atoms with Crippen LogP contribution in [0.25, 0.3) is 0 Å². The summed E-state index contributed by atoms with van der Waals surface area (Å²) in [5.74, 6) is -0.948. The lowest BCUT2D eigenvalue weighted by Crippen LogP contribution is -2.25. The van der Waals surface area contributed by atoms with E-state index in [1.54, 1.807) is 12.1 Å². The molecule has 7 nitrogen and oxygen atoms in total. The van der Waals surface area contributed by atoms with Crippen molar-refractivity contribution in [3.05, 3.63) is 59.7 Å². The predicted octanol–water partition coefficient (Wildman–Crippen LogP) is 3.33. The SMILES string of the molecule is CCN(CC)c1ccc(C(=O)O[C@H](C)C(=O)c2ccc(NS(C)(=O)=O)cc2)cc1. The van der Waals surface area contributed by atoms with Gasteiger partial charge in [0.1, 0.15) is 0 Å². The van der Waals surface area contributed by atoms with Crippen LogP contribution in [0.3, 0.4) is 0 Å². The van der Waals surface area contributed by atoms with Gasteiger partial charge in [0, 0.05) is 30.0 Å². The van der Waals surface area contributed by atoms with Crippen molar-refractivity contribution < 1.29 is 22.7 Å². The van der Waals surface area contributed by atoms with Gasteiger partial charge in [-0.1, -0.05) is 0 Å². The minimum atomic E-state index is -3.39. The molecule has 0 amide bonds. The highest BCUT2D eigenvalue weighted by atomic mass is 32.2. The standard InChI is InChI=1S/C21H26N2O5S/c1-5-23(6-2)19-13-9-17(10-14-19)21(25)28-15(3)20(24)16-7-11-18(12-8-16)22-29(4,26)27/h7-15,22H,5-6H2,1-4H3/t15-/m1/s1. The molecule has 0 bridgehead atoms. The number of benzene rings is 2. The van der Waals surface area contributed by atoms with E-state index in [1.165, 1.54) is 31.2 Å². The Hall–Kier alpha value is -2.87. The van der Waals surface area contributed by atoms with Crippen LogP contribution in [0.5, 0.6) is 0 Å². The maximum atomic E-state index is 12.5. The third-order valence-corrected chi connectivity index (χ3v) is 4.96. The molecule has 0 spiro atoms. The molecule has 0 aliphatic carbocycles. The summed E-state index contributed by atoms with van der Waals surface area (Å²) in [6.45, 7) is 7.35. The molecule has 0 aromatic heterocycles. The number of hydrogen-bond acceptors (Lipinski definition) is 6. The molecule has 2 aromatic carbocycles. The zero-order valence-electron chi connectivity index (χ0n) is 17.0. The molecule has 0 saturated carbocycles. The Kier molecular flexibility index (Phi) is 7.39. The minimum Gasteiger partial charge on any atom is -0.451 e. The largest absolute Gasteiger partial charge is 0.451 e. The van der Waals surface area contributed by atoms with Crippen LogP contribution >= 0.6 is 0 Å². The zero-order valence-corrected chi connectivity index (χ0v) is 17.8. The highest BCUT2D eigenvalue weighted by Gasteiger charge is 2.20. The molecule has 0 heterocycles. The Morgan fingerprint density at radius 1 is 0.966 bits per heavy atom. The second-order valence-corrected chi connectivity index (χ2v) is 8.33. The summed E-state index contributed by atoms with van der Waals surface area (Å²) in [6, 6.07) is 13.0. The molecule has 0 saturated heterocycles. The smallest absolute Gasteiger partial charge is 0.338 e. The summed E-state index contributed by atoms with van der Waals surface area (Å²) in [5, 5.41) is 0. The van der Waals surface area contributed by atoms with Crippen LogP contribution in [0.4, 0.5) is 11.4 Å². The van der Waals surface area contributed by atoms with E-state index in [1.807, 2.05) is 12.1 Å². The van der Waals surface area contributed by atoms with Gasteiger partial charge in [-0.15, -0.1) is 0 Å². The fraction of sp³-hybridized carbons (Fsp3) is 0.333. The van der Waals surface area contributed by atoms with E-state index in [4.69, 9.17) is 4.74 Å². The Morgan fingerprint density at radius 2 is 1.48 bits per heavy atom. The number of ether oxygens (including phenoxy) is 1. The van der Waals surface area contributed by atoms with Crippen molar-refractivity contribution in [2.45, 2.75) is 26.9 Å². The lowest BCUT2D eigenvalue weighted by Gasteiger charge is -2.21. The average Bonchev–Trinajstić information content (AvgIpc) is 2.68. The van der Waals surface area contributed by atoms with Crippen molar-refractivity contribution in [2.24, 2.45) is 0 Å². The van der Waals surface area contributed by atoms with E-state index < -0.39 is 22.1 Å². The van der Waals surface area contributed by atoms with Gasteiger partial charge in [0.05, 0.1) is 11.8 Å². The number of Topliss-reactive ketones (excluding diaryl/α,β-unsaturated/α-hetero) is 1. The number of ketones is 1. The van der Waals surface area contributed by atoms with E-state index in [0.29, 0.717) is 16.8 Å². The normalized spacial score (nSPS) is 12.1. The van der Waals surface area contributed by atoms with Crippen LogP contribution in [0.15, 0.2) is 48.5 Å². The van der Waals surface area contributed by atoms with Gasteiger partial charge >= 0.3 is 5.97 Å². The Labute approximate surface area is 171 Å². The predicted molar refractivity (Wildman–Crippen MR) is 114 cm³/mol. The molecule has 156 valence electrons. The molecule has 2 aromatic rings. The van der Waals surface area contributed by atoms with Crippen LogP contribution in [-0.4, -0.2) is 45.6 Å². The lowest BCUT2D eigenvalue weighted by atomic mass is 10.1. The molecule has 2 rings (SSSR count). The molecule has 0 unspecified atom stereocenters. The second-order valence-electron chi connectivity index (χ2n) is 6.58. The number of carbonyl (C=O) groups excluding carboxylic acids is 2. The average molecular weight is 419 g/mol. The highest BCUT2D eigenvalue weighted by Crippen LogP contribution is 2.17. The summed E-state index contributed by atoms with van der Waals surface area (Å²) in [4.78, 5) is 27.0. The summed E-state index contributed by atoms with van der Waals surface area (Å²) in [5.41, 5.74) is 2.05. The topological polar surface area (TPSA) is 92.8 Å². The summed E-state index contributed by atoms with van der Waals surface area (Å²) < 4.78 is 30.1. The van der Waals surface area contributed by atoms with Crippen molar-refractivity contribution >= 4 is 33.2 Å². The van der Waals surface area contributed by atoms with Crippen molar-refractivity contribution in [1.29, 1.82) is 0 Å². The third-order valence-electron chi connectivity index (χ3n) is 4.36. The van der Waals surface area contributed by atoms with Crippen LogP contribution in [0.2, 0.25) is 0 Å². The zero-order chi connectivity index (χ0) is 21.6. The monoisotopic (exact) mass is 418 g/mol. The number of anilines is 2.